The summed E-state index contributed by atoms with van der Waals surface area (Å²) in [7, 11) is 2.25. The molecule has 110 valence electrons. The Morgan fingerprint density at radius 2 is 1.57 bits per heavy atom. The number of rotatable bonds is 3. The molecule has 0 saturated carbocycles. The third-order valence-electron chi connectivity index (χ3n) is 4.85. The van der Waals surface area contributed by atoms with Crippen molar-refractivity contribution >= 4 is 0 Å². The van der Waals surface area contributed by atoms with Gasteiger partial charge in [-0.15, -0.1) is 0 Å². The van der Waals surface area contributed by atoms with Crippen molar-refractivity contribution in [1.82, 2.24) is 4.90 Å². The zero-order chi connectivity index (χ0) is 14.8. The quantitative estimate of drug-likeness (QED) is 0.790. The van der Waals surface area contributed by atoms with Crippen LogP contribution in [-0.2, 0) is 0 Å². The Morgan fingerprint density at radius 1 is 0.905 bits per heavy atom. The second-order valence-corrected chi connectivity index (χ2v) is 6.69. The summed E-state index contributed by atoms with van der Waals surface area (Å²) in [5.41, 5.74) is 4.26. The molecule has 0 aliphatic carbocycles. The summed E-state index contributed by atoms with van der Waals surface area (Å²) in [6.07, 6.45) is 0. The van der Waals surface area contributed by atoms with E-state index in [0.29, 0.717) is 5.92 Å². The maximum Gasteiger partial charge on any atom is 0.00508 e. The first kappa shape index (κ1) is 14.3. The predicted octanol–water partition coefficient (Wildman–Crippen LogP) is 4.65. The van der Waals surface area contributed by atoms with E-state index in [2.05, 4.69) is 80.4 Å². The highest BCUT2D eigenvalue weighted by molar-refractivity contribution is 5.68. The van der Waals surface area contributed by atoms with Gasteiger partial charge in [0.15, 0.2) is 0 Å². The maximum absolute atomic E-state index is 2.48. The van der Waals surface area contributed by atoms with Crippen LogP contribution in [0.1, 0.15) is 25.3 Å². The van der Waals surface area contributed by atoms with Crippen molar-refractivity contribution in [2.75, 3.05) is 20.1 Å². The van der Waals surface area contributed by atoms with E-state index < -0.39 is 0 Å². The van der Waals surface area contributed by atoms with E-state index in [-0.39, 0.29) is 0 Å². The van der Waals surface area contributed by atoms with E-state index in [1.165, 1.54) is 29.8 Å². The van der Waals surface area contributed by atoms with E-state index >= 15 is 0 Å². The van der Waals surface area contributed by atoms with Crippen molar-refractivity contribution in [3.05, 3.63) is 60.2 Å². The molecular weight excluding hydrogens is 254 g/mol. The van der Waals surface area contributed by atoms with Crippen molar-refractivity contribution in [3.63, 3.8) is 0 Å². The number of hydrogen-bond donors (Lipinski definition) is 0. The molecule has 1 nitrogen and oxygen atoms in total. The Morgan fingerprint density at radius 3 is 2.29 bits per heavy atom. The van der Waals surface area contributed by atoms with Crippen molar-refractivity contribution in [3.8, 4) is 11.1 Å². The van der Waals surface area contributed by atoms with Crippen molar-refractivity contribution in [1.29, 1.82) is 0 Å². The van der Waals surface area contributed by atoms with Crippen LogP contribution in [-0.4, -0.2) is 25.0 Å². The van der Waals surface area contributed by atoms with Gasteiger partial charge in [-0.05, 0) is 35.6 Å². The monoisotopic (exact) mass is 279 g/mol. The van der Waals surface area contributed by atoms with Gasteiger partial charge in [-0.3, -0.25) is 0 Å². The Bertz CT molecular complexity index is 588. The van der Waals surface area contributed by atoms with Crippen LogP contribution in [0.25, 0.3) is 11.1 Å². The van der Waals surface area contributed by atoms with Gasteiger partial charge in [0.1, 0.15) is 0 Å². The molecule has 0 aromatic heterocycles. The fourth-order valence-electron chi connectivity index (χ4n) is 3.74. The number of benzene rings is 2. The highest BCUT2D eigenvalue weighted by Crippen LogP contribution is 2.40. The fourth-order valence-corrected chi connectivity index (χ4v) is 3.74. The summed E-state index contributed by atoms with van der Waals surface area (Å²) in [5, 5.41) is 0. The summed E-state index contributed by atoms with van der Waals surface area (Å²) in [6, 6.07) is 19.8. The molecule has 0 amide bonds. The van der Waals surface area contributed by atoms with E-state index in [4.69, 9.17) is 0 Å². The second kappa shape index (κ2) is 6.03. The van der Waals surface area contributed by atoms with Gasteiger partial charge in [0.25, 0.3) is 0 Å². The summed E-state index contributed by atoms with van der Waals surface area (Å²) in [6.45, 7) is 7.11. The van der Waals surface area contributed by atoms with E-state index in [0.717, 1.165) is 11.8 Å². The van der Waals surface area contributed by atoms with Gasteiger partial charge in [0.2, 0.25) is 0 Å². The lowest BCUT2D eigenvalue weighted by Crippen LogP contribution is -2.18. The molecule has 0 radical (unpaired) electrons. The minimum atomic E-state index is 0.645. The van der Waals surface area contributed by atoms with Crippen LogP contribution in [0.15, 0.2) is 54.6 Å². The molecule has 1 fully saturated rings. The number of nitrogens with zero attached hydrogens (tertiary/aromatic N) is 1. The Kier molecular flexibility index (Phi) is 4.12. The number of likely N-dealkylation sites (tertiary alicyclic amines) is 1. The zero-order valence-corrected chi connectivity index (χ0v) is 13.3. The van der Waals surface area contributed by atoms with Gasteiger partial charge in [0, 0.05) is 19.0 Å². The van der Waals surface area contributed by atoms with E-state index in [1.54, 1.807) is 0 Å². The predicted molar refractivity (Wildman–Crippen MR) is 90.4 cm³/mol. The lowest BCUT2D eigenvalue weighted by Gasteiger charge is -2.24. The topological polar surface area (TPSA) is 3.24 Å². The van der Waals surface area contributed by atoms with Crippen LogP contribution in [0.2, 0.25) is 0 Å². The smallest absolute Gasteiger partial charge is 0.00508 e. The van der Waals surface area contributed by atoms with Gasteiger partial charge >= 0.3 is 0 Å². The molecule has 0 spiro atoms. The van der Waals surface area contributed by atoms with Crippen LogP contribution in [0, 0.1) is 11.8 Å². The Labute approximate surface area is 128 Å². The van der Waals surface area contributed by atoms with Crippen LogP contribution < -0.4 is 0 Å². The zero-order valence-electron chi connectivity index (χ0n) is 13.3. The van der Waals surface area contributed by atoms with Gasteiger partial charge < -0.3 is 4.90 Å². The molecule has 0 N–H and O–H groups in total. The van der Waals surface area contributed by atoms with Crippen LogP contribution in [0.4, 0.5) is 0 Å². The van der Waals surface area contributed by atoms with Crippen LogP contribution >= 0.6 is 0 Å². The molecule has 2 aromatic rings. The maximum atomic E-state index is 2.48. The average molecular weight is 279 g/mol. The molecule has 2 atom stereocenters. The third-order valence-corrected chi connectivity index (χ3v) is 4.85. The normalized spacial score (nSPS) is 22.9. The first-order chi connectivity index (χ1) is 10.2. The summed E-state index contributed by atoms with van der Waals surface area (Å²) in [4.78, 5) is 2.48. The molecule has 21 heavy (non-hydrogen) atoms. The third kappa shape index (κ3) is 2.89. The minimum absolute atomic E-state index is 0.645. The average Bonchev–Trinajstić information content (AvgIpc) is 2.90. The van der Waals surface area contributed by atoms with Crippen molar-refractivity contribution < 1.29 is 0 Å². The highest BCUT2D eigenvalue weighted by atomic mass is 15.1. The lowest BCUT2D eigenvalue weighted by molar-refractivity contribution is 0.344. The molecule has 1 heteroatoms. The summed E-state index contributed by atoms with van der Waals surface area (Å²) < 4.78 is 0. The molecule has 3 rings (SSSR count). The molecular formula is C20H25N. The molecule has 2 aromatic carbocycles. The van der Waals surface area contributed by atoms with Gasteiger partial charge in [0.05, 0.1) is 0 Å². The molecule has 0 bridgehead atoms. The first-order valence-electron chi connectivity index (χ1n) is 7.99. The Balaban J connectivity index is 2.03. The summed E-state index contributed by atoms with van der Waals surface area (Å²) in [5.74, 6) is 2.12. The van der Waals surface area contributed by atoms with Gasteiger partial charge in [-0.1, -0.05) is 68.4 Å². The van der Waals surface area contributed by atoms with Crippen LogP contribution in [0.5, 0.6) is 0 Å². The van der Waals surface area contributed by atoms with Gasteiger partial charge in [-0.2, -0.15) is 0 Å². The molecule has 1 heterocycles. The Hall–Kier alpha value is -1.60. The van der Waals surface area contributed by atoms with Crippen molar-refractivity contribution in [2.45, 2.75) is 19.8 Å². The lowest BCUT2D eigenvalue weighted by atomic mass is 9.79. The fraction of sp³-hybridized carbons (Fsp3) is 0.400. The standard InChI is InChI=1S/C20H25N/c1-15(2)19-13-21(3)14-20(19)18-12-8-7-11-17(18)16-9-5-4-6-10-16/h4-12,15,19-20H,13-14H2,1-3H3/t19-,20?/m0/s1. The number of likely N-dealkylation sites (N-methyl/N-ethyl adjacent to an activating group) is 1. The van der Waals surface area contributed by atoms with Crippen LogP contribution in [0.3, 0.4) is 0 Å². The van der Waals surface area contributed by atoms with E-state index in [9.17, 15) is 0 Å². The largest absolute Gasteiger partial charge is 0.305 e. The first-order valence-corrected chi connectivity index (χ1v) is 7.99. The van der Waals surface area contributed by atoms with Gasteiger partial charge in [-0.25, -0.2) is 0 Å². The molecule has 1 unspecified atom stereocenters. The molecule has 1 aliphatic rings. The highest BCUT2D eigenvalue weighted by Gasteiger charge is 2.34. The van der Waals surface area contributed by atoms with Crippen molar-refractivity contribution in [2.24, 2.45) is 11.8 Å². The second-order valence-electron chi connectivity index (χ2n) is 6.69. The SMILES string of the molecule is CC(C)[C@@H]1CN(C)CC1c1ccccc1-c1ccccc1. The molecule has 1 saturated heterocycles. The molecule has 1 aliphatic heterocycles. The van der Waals surface area contributed by atoms with E-state index in [1.807, 2.05) is 0 Å². The summed E-state index contributed by atoms with van der Waals surface area (Å²) >= 11 is 0. The number of hydrogen-bond acceptors (Lipinski definition) is 1. The minimum Gasteiger partial charge on any atom is -0.305 e.